The van der Waals surface area contributed by atoms with E-state index in [1.54, 1.807) is 24.1 Å². The average molecular weight is 335 g/mol. The Kier molecular flexibility index (Phi) is 6.87. The second-order valence-electron chi connectivity index (χ2n) is 5.81. The van der Waals surface area contributed by atoms with E-state index >= 15 is 0 Å². The molecule has 0 saturated carbocycles. The number of methoxy groups -OCH3 is 1. The Morgan fingerprint density at radius 1 is 1.38 bits per heavy atom. The third-order valence-electron chi connectivity index (χ3n) is 3.69. The van der Waals surface area contributed by atoms with E-state index in [1.165, 1.54) is 0 Å². The van der Waals surface area contributed by atoms with Crippen LogP contribution in [0.4, 0.5) is 10.5 Å². The Hall–Kier alpha value is -2.28. The number of urea groups is 1. The fraction of sp³-hybridized carbons (Fsp3) is 0.529. The molecule has 1 saturated heterocycles. The Bertz CT molecular complexity index is 565. The molecular weight excluding hydrogens is 310 g/mol. The van der Waals surface area contributed by atoms with E-state index in [2.05, 4.69) is 10.6 Å². The smallest absolute Gasteiger partial charge is 0.319 e. The van der Waals surface area contributed by atoms with Crippen LogP contribution in [0.5, 0.6) is 5.75 Å². The fourth-order valence-corrected chi connectivity index (χ4v) is 2.57. The van der Waals surface area contributed by atoms with Gasteiger partial charge in [-0.3, -0.25) is 4.79 Å². The van der Waals surface area contributed by atoms with Crippen molar-refractivity contribution < 1.29 is 19.1 Å². The minimum atomic E-state index is -0.303. The van der Waals surface area contributed by atoms with Gasteiger partial charge in [0.1, 0.15) is 12.4 Å². The number of likely N-dealkylation sites (tertiary alicyclic amines) is 1. The SMILES string of the molecule is COCCOc1cccc(NC(=O)N[C@H](C)CN2CCCC2=O)c1. The molecule has 0 spiro atoms. The highest BCUT2D eigenvalue weighted by molar-refractivity contribution is 5.89. The number of carbonyl (C=O) groups excluding carboxylic acids is 2. The fourth-order valence-electron chi connectivity index (χ4n) is 2.57. The summed E-state index contributed by atoms with van der Waals surface area (Å²) in [6.45, 7) is 4.15. The van der Waals surface area contributed by atoms with Crippen LogP contribution < -0.4 is 15.4 Å². The molecule has 2 N–H and O–H groups in total. The van der Waals surface area contributed by atoms with Crippen molar-refractivity contribution in [1.29, 1.82) is 0 Å². The first-order valence-electron chi connectivity index (χ1n) is 8.15. The van der Waals surface area contributed by atoms with Gasteiger partial charge in [-0.05, 0) is 25.5 Å². The monoisotopic (exact) mass is 335 g/mol. The zero-order valence-electron chi connectivity index (χ0n) is 14.2. The number of rotatable bonds is 8. The molecule has 0 radical (unpaired) electrons. The van der Waals surface area contributed by atoms with Gasteiger partial charge in [0, 0.05) is 44.4 Å². The first-order valence-corrected chi connectivity index (χ1v) is 8.15. The summed E-state index contributed by atoms with van der Waals surface area (Å²) in [5.41, 5.74) is 0.645. The van der Waals surface area contributed by atoms with Gasteiger partial charge in [-0.1, -0.05) is 6.07 Å². The van der Waals surface area contributed by atoms with Gasteiger partial charge >= 0.3 is 6.03 Å². The van der Waals surface area contributed by atoms with Crippen molar-refractivity contribution in [3.05, 3.63) is 24.3 Å². The minimum Gasteiger partial charge on any atom is -0.491 e. The van der Waals surface area contributed by atoms with E-state index < -0.39 is 0 Å². The van der Waals surface area contributed by atoms with Gasteiger partial charge in [-0.2, -0.15) is 0 Å². The normalized spacial score (nSPS) is 15.2. The molecule has 1 aromatic carbocycles. The van der Waals surface area contributed by atoms with Gasteiger partial charge in [0.2, 0.25) is 5.91 Å². The molecule has 0 aromatic heterocycles. The molecule has 1 aliphatic heterocycles. The van der Waals surface area contributed by atoms with Crippen molar-refractivity contribution in [2.45, 2.75) is 25.8 Å². The molecule has 24 heavy (non-hydrogen) atoms. The molecule has 1 heterocycles. The van der Waals surface area contributed by atoms with Crippen molar-refractivity contribution in [1.82, 2.24) is 10.2 Å². The van der Waals surface area contributed by atoms with Gasteiger partial charge in [-0.25, -0.2) is 4.79 Å². The van der Waals surface area contributed by atoms with Gasteiger partial charge in [-0.15, -0.1) is 0 Å². The summed E-state index contributed by atoms with van der Waals surface area (Å²) >= 11 is 0. The zero-order chi connectivity index (χ0) is 17.4. The van der Waals surface area contributed by atoms with Crippen LogP contribution in [0.25, 0.3) is 0 Å². The maximum absolute atomic E-state index is 12.1. The minimum absolute atomic E-state index is 0.117. The summed E-state index contributed by atoms with van der Waals surface area (Å²) in [6.07, 6.45) is 1.50. The van der Waals surface area contributed by atoms with Crippen LogP contribution in [0.1, 0.15) is 19.8 Å². The van der Waals surface area contributed by atoms with Crippen LogP contribution in [0, 0.1) is 0 Å². The summed E-state index contributed by atoms with van der Waals surface area (Å²) in [5.74, 6) is 0.825. The van der Waals surface area contributed by atoms with E-state index in [9.17, 15) is 9.59 Å². The number of carbonyl (C=O) groups is 2. The topological polar surface area (TPSA) is 79.9 Å². The number of nitrogens with one attached hydrogen (secondary N) is 2. The van der Waals surface area contributed by atoms with E-state index in [0.29, 0.717) is 37.6 Å². The summed E-state index contributed by atoms with van der Waals surface area (Å²) < 4.78 is 10.4. The lowest BCUT2D eigenvalue weighted by Crippen LogP contribution is -2.44. The number of amides is 3. The van der Waals surface area contributed by atoms with Crippen LogP contribution in [-0.2, 0) is 9.53 Å². The molecule has 1 atom stereocenters. The maximum Gasteiger partial charge on any atom is 0.319 e. The van der Waals surface area contributed by atoms with Crippen LogP contribution in [0.2, 0.25) is 0 Å². The Morgan fingerprint density at radius 3 is 2.92 bits per heavy atom. The number of nitrogens with zero attached hydrogens (tertiary/aromatic N) is 1. The number of ether oxygens (including phenoxy) is 2. The van der Waals surface area contributed by atoms with Crippen LogP contribution in [-0.4, -0.2) is 56.3 Å². The molecule has 7 heteroatoms. The van der Waals surface area contributed by atoms with Crippen molar-refractivity contribution in [2.75, 3.05) is 38.7 Å². The molecule has 2 rings (SSSR count). The quantitative estimate of drug-likeness (QED) is 0.711. The van der Waals surface area contributed by atoms with Gasteiger partial charge in [0.25, 0.3) is 0 Å². The summed E-state index contributed by atoms with van der Waals surface area (Å²) in [6, 6.07) is 6.75. The Morgan fingerprint density at radius 2 is 2.21 bits per heavy atom. The third-order valence-corrected chi connectivity index (χ3v) is 3.69. The maximum atomic E-state index is 12.1. The van der Waals surface area contributed by atoms with Crippen LogP contribution >= 0.6 is 0 Å². The van der Waals surface area contributed by atoms with Crippen LogP contribution in [0.15, 0.2) is 24.3 Å². The van der Waals surface area contributed by atoms with E-state index in [0.717, 1.165) is 13.0 Å². The van der Waals surface area contributed by atoms with E-state index in [1.807, 2.05) is 19.1 Å². The van der Waals surface area contributed by atoms with Crippen molar-refractivity contribution >= 4 is 17.6 Å². The second kappa shape index (κ2) is 9.12. The molecule has 0 aliphatic carbocycles. The summed E-state index contributed by atoms with van der Waals surface area (Å²) in [7, 11) is 1.61. The molecule has 0 bridgehead atoms. The first kappa shape index (κ1) is 18.1. The van der Waals surface area contributed by atoms with Crippen LogP contribution in [0.3, 0.4) is 0 Å². The highest BCUT2D eigenvalue weighted by Crippen LogP contribution is 2.17. The molecule has 132 valence electrons. The third kappa shape index (κ3) is 5.73. The zero-order valence-corrected chi connectivity index (χ0v) is 14.2. The number of hydrogen-bond acceptors (Lipinski definition) is 4. The first-order chi connectivity index (χ1) is 11.6. The highest BCUT2D eigenvalue weighted by Gasteiger charge is 2.22. The Balaban J connectivity index is 1.78. The van der Waals surface area contributed by atoms with Crippen molar-refractivity contribution in [3.63, 3.8) is 0 Å². The predicted molar refractivity (Wildman–Crippen MR) is 91.2 cm³/mol. The molecule has 1 aliphatic rings. The van der Waals surface area contributed by atoms with Crippen molar-refractivity contribution in [3.8, 4) is 5.75 Å². The lowest BCUT2D eigenvalue weighted by Gasteiger charge is -2.21. The van der Waals surface area contributed by atoms with E-state index in [4.69, 9.17) is 9.47 Å². The second-order valence-corrected chi connectivity index (χ2v) is 5.81. The predicted octanol–water partition coefficient (Wildman–Crippen LogP) is 1.84. The van der Waals surface area contributed by atoms with Gasteiger partial charge in [0.15, 0.2) is 0 Å². The summed E-state index contributed by atoms with van der Waals surface area (Å²) in [4.78, 5) is 25.5. The van der Waals surface area contributed by atoms with Gasteiger partial charge < -0.3 is 25.0 Å². The van der Waals surface area contributed by atoms with Crippen molar-refractivity contribution in [2.24, 2.45) is 0 Å². The van der Waals surface area contributed by atoms with Gasteiger partial charge in [0.05, 0.1) is 6.61 Å². The Labute approximate surface area is 142 Å². The standard InChI is InChI=1S/C17H25N3O4/c1-13(12-20-8-4-7-16(20)21)18-17(22)19-14-5-3-6-15(11-14)24-10-9-23-2/h3,5-6,11,13H,4,7-10,12H2,1-2H3,(H2,18,19,22)/t13-/m1/s1. The average Bonchev–Trinajstić information content (AvgIpc) is 2.92. The molecule has 3 amide bonds. The molecule has 0 unspecified atom stereocenters. The number of hydrogen-bond donors (Lipinski definition) is 2. The largest absolute Gasteiger partial charge is 0.491 e. The molecule has 7 nitrogen and oxygen atoms in total. The molecular formula is C17H25N3O4. The number of benzene rings is 1. The lowest BCUT2D eigenvalue weighted by atomic mass is 10.3. The number of anilines is 1. The summed E-state index contributed by atoms with van der Waals surface area (Å²) in [5, 5.41) is 5.62. The lowest BCUT2D eigenvalue weighted by molar-refractivity contribution is -0.127. The highest BCUT2D eigenvalue weighted by atomic mass is 16.5. The van der Waals surface area contributed by atoms with E-state index in [-0.39, 0.29) is 18.0 Å². The molecule has 1 fully saturated rings. The molecule has 1 aromatic rings.